The highest BCUT2D eigenvalue weighted by Gasteiger charge is 2.09. The van der Waals surface area contributed by atoms with Crippen LogP contribution < -0.4 is 5.43 Å². The minimum atomic E-state index is -0.583. The van der Waals surface area contributed by atoms with Crippen molar-refractivity contribution < 1.29 is 14.8 Å². The highest BCUT2D eigenvalue weighted by molar-refractivity contribution is 7.09. The van der Waals surface area contributed by atoms with E-state index in [1.807, 2.05) is 6.92 Å². The van der Waals surface area contributed by atoms with Gasteiger partial charge in [0.15, 0.2) is 0 Å². The summed E-state index contributed by atoms with van der Waals surface area (Å²) in [7, 11) is 0. The maximum Gasteiger partial charge on any atom is 0.270 e. The summed E-state index contributed by atoms with van der Waals surface area (Å²) in [5.41, 5.74) is 2.89. The number of aromatic nitrogens is 1. The van der Waals surface area contributed by atoms with E-state index in [0.717, 1.165) is 17.3 Å². The molecule has 0 saturated carbocycles. The molecule has 0 spiro atoms. The number of carbonyl (C=O) groups excluding carboxylic acids is 1. The van der Waals surface area contributed by atoms with Crippen molar-refractivity contribution in [2.24, 2.45) is 5.10 Å². The van der Waals surface area contributed by atoms with E-state index < -0.39 is 4.92 Å². The lowest BCUT2D eigenvalue weighted by Gasteiger charge is -1.99. The number of nitro benzene ring substituents is 1. The van der Waals surface area contributed by atoms with Crippen LogP contribution in [0.2, 0.25) is 0 Å². The maximum atomic E-state index is 11.6. The van der Waals surface area contributed by atoms with Gasteiger partial charge < -0.3 is 5.11 Å². The summed E-state index contributed by atoms with van der Waals surface area (Å²) in [4.78, 5) is 25.9. The lowest BCUT2D eigenvalue weighted by Crippen LogP contribution is -2.19. The third-order valence-corrected chi connectivity index (χ3v) is 3.45. The normalized spacial score (nSPS) is 10.8. The van der Waals surface area contributed by atoms with Gasteiger partial charge in [-0.25, -0.2) is 10.4 Å². The molecule has 8 nitrogen and oxygen atoms in total. The molecule has 2 aromatic rings. The molecule has 114 valence electrons. The van der Waals surface area contributed by atoms with Gasteiger partial charge in [0.2, 0.25) is 5.91 Å². The van der Waals surface area contributed by atoms with E-state index in [1.54, 1.807) is 5.38 Å². The zero-order valence-electron chi connectivity index (χ0n) is 11.5. The van der Waals surface area contributed by atoms with Gasteiger partial charge in [-0.05, 0) is 13.0 Å². The molecule has 0 unspecified atom stereocenters. The number of nitrogens with zero attached hydrogens (tertiary/aromatic N) is 3. The van der Waals surface area contributed by atoms with Crippen molar-refractivity contribution in [2.45, 2.75) is 13.3 Å². The van der Waals surface area contributed by atoms with Crippen LogP contribution in [0.15, 0.2) is 28.7 Å². The summed E-state index contributed by atoms with van der Waals surface area (Å²) in [5.74, 6) is -0.537. The molecule has 0 saturated heterocycles. The minimum absolute atomic E-state index is 0.0859. The largest absolute Gasteiger partial charge is 0.507 e. The number of thiazole rings is 1. The molecule has 1 aromatic heterocycles. The van der Waals surface area contributed by atoms with E-state index in [2.05, 4.69) is 15.5 Å². The van der Waals surface area contributed by atoms with Crippen LogP contribution >= 0.6 is 11.3 Å². The quantitative estimate of drug-likeness (QED) is 0.494. The predicted octanol–water partition coefficient (Wildman–Crippen LogP) is 1.76. The average Bonchev–Trinajstić information content (AvgIpc) is 2.85. The summed E-state index contributed by atoms with van der Waals surface area (Å²) in [6, 6.07) is 3.53. The van der Waals surface area contributed by atoms with Gasteiger partial charge in [0, 0.05) is 23.1 Å². The second kappa shape index (κ2) is 6.76. The molecule has 0 aliphatic rings. The molecule has 2 rings (SSSR count). The monoisotopic (exact) mass is 320 g/mol. The SMILES string of the molecule is Cc1nc(CC(=O)N/N=C/c2cc([N+](=O)[O-])ccc2O)cs1. The van der Waals surface area contributed by atoms with Gasteiger partial charge in [-0.1, -0.05) is 0 Å². The van der Waals surface area contributed by atoms with Gasteiger partial charge in [0.1, 0.15) is 5.75 Å². The van der Waals surface area contributed by atoms with Crippen molar-refractivity contribution in [1.82, 2.24) is 10.4 Å². The first-order valence-electron chi connectivity index (χ1n) is 6.16. The number of hydrogen-bond acceptors (Lipinski definition) is 7. The van der Waals surface area contributed by atoms with Gasteiger partial charge in [-0.15, -0.1) is 11.3 Å². The minimum Gasteiger partial charge on any atom is -0.507 e. The zero-order chi connectivity index (χ0) is 16.1. The molecule has 1 amide bonds. The van der Waals surface area contributed by atoms with Crippen LogP contribution in [0.1, 0.15) is 16.3 Å². The Balaban J connectivity index is 1.98. The number of non-ortho nitro benzene ring substituents is 1. The summed E-state index contributed by atoms with van der Waals surface area (Å²) in [5, 5.41) is 26.6. The Morgan fingerprint density at radius 2 is 2.36 bits per heavy atom. The number of phenolic OH excluding ortho intramolecular Hbond substituents is 1. The second-order valence-electron chi connectivity index (χ2n) is 4.33. The molecule has 22 heavy (non-hydrogen) atoms. The average molecular weight is 320 g/mol. The van der Waals surface area contributed by atoms with Gasteiger partial charge in [0.25, 0.3) is 5.69 Å². The number of carbonyl (C=O) groups is 1. The first kappa shape index (κ1) is 15.6. The molecule has 2 N–H and O–H groups in total. The van der Waals surface area contributed by atoms with E-state index in [0.29, 0.717) is 5.69 Å². The number of hydrazone groups is 1. The second-order valence-corrected chi connectivity index (χ2v) is 5.39. The summed E-state index contributed by atoms with van der Waals surface area (Å²) < 4.78 is 0. The summed E-state index contributed by atoms with van der Waals surface area (Å²) in [6.45, 7) is 1.84. The number of nitro groups is 1. The van der Waals surface area contributed by atoms with Gasteiger partial charge in [-0.2, -0.15) is 5.10 Å². The van der Waals surface area contributed by atoms with Crippen LogP contribution in [0, 0.1) is 17.0 Å². The van der Waals surface area contributed by atoms with Crippen LogP contribution in [0.5, 0.6) is 5.75 Å². The zero-order valence-corrected chi connectivity index (χ0v) is 12.3. The van der Waals surface area contributed by atoms with E-state index >= 15 is 0 Å². The molecule has 0 fully saturated rings. The van der Waals surface area contributed by atoms with Crippen LogP contribution in [0.3, 0.4) is 0 Å². The number of aromatic hydroxyl groups is 1. The molecule has 0 radical (unpaired) electrons. The first-order valence-corrected chi connectivity index (χ1v) is 7.04. The Morgan fingerprint density at radius 3 is 3.00 bits per heavy atom. The van der Waals surface area contributed by atoms with E-state index in [4.69, 9.17) is 0 Å². The molecule has 0 bridgehead atoms. The van der Waals surface area contributed by atoms with E-state index in [1.165, 1.54) is 23.5 Å². The molecule has 1 heterocycles. The molecule has 0 atom stereocenters. The summed E-state index contributed by atoms with van der Waals surface area (Å²) in [6.07, 6.45) is 1.23. The smallest absolute Gasteiger partial charge is 0.270 e. The third kappa shape index (κ3) is 4.09. The first-order chi connectivity index (χ1) is 10.5. The van der Waals surface area contributed by atoms with E-state index in [9.17, 15) is 20.0 Å². The van der Waals surface area contributed by atoms with E-state index in [-0.39, 0.29) is 29.3 Å². The summed E-state index contributed by atoms with van der Waals surface area (Å²) >= 11 is 1.45. The fraction of sp³-hybridized carbons (Fsp3) is 0.154. The number of hydrogen-bond donors (Lipinski definition) is 2. The van der Waals surface area contributed by atoms with Crippen LogP contribution in [-0.4, -0.2) is 27.1 Å². The fourth-order valence-electron chi connectivity index (χ4n) is 1.63. The topological polar surface area (TPSA) is 118 Å². The standard InChI is InChI=1S/C13H12N4O4S/c1-8-15-10(7-22-8)5-13(19)16-14-6-9-4-11(17(20)21)2-3-12(9)18/h2-4,6-7,18H,5H2,1H3,(H,16,19)/b14-6+. The Hall–Kier alpha value is -2.81. The maximum absolute atomic E-state index is 11.6. The molecule has 1 aromatic carbocycles. The van der Waals surface area contributed by atoms with Gasteiger partial charge in [0.05, 0.1) is 28.3 Å². The number of phenols is 1. The van der Waals surface area contributed by atoms with Crippen molar-refractivity contribution in [3.8, 4) is 5.75 Å². The van der Waals surface area contributed by atoms with Crippen molar-refractivity contribution in [2.75, 3.05) is 0 Å². The van der Waals surface area contributed by atoms with Crippen LogP contribution in [0.25, 0.3) is 0 Å². The highest BCUT2D eigenvalue weighted by atomic mass is 32.1. The van der Waals surface area contributed by atoms with Crippen LogP contribution in [0.4, 0.5) is 5.69 Å². The Morgan fingerprint density at radius 1 is 1.59 bits per heavy atom. The molecular formula is C13H12N4O4S. The van der Waals surface area contributed by atoms with Crippen molar-refractivity contribution in [3.63, 3.8) is 0 Å². The van der Waals surface area contributed by atoms with Crippen molar-refractivity contribution in [3.05, 3.63) is 50.0 Å². The lowest BCUT2D eigenvalue weighted by atomic mass is 10.2. The third-order valence-electron chi connectivity index (χ3n) is 2.62. The number of aryl methyl sites for hydroxylation is 1. The molecule has 0 aliphatic carbocycles. The molecule has 9 heteroatoms. The number of benzene rings is 1. The van der Waals surface area contributed by atoms with Gasteiger partial charge in [-0.3, -0.25) is 14.9 Å². The van der Waals surface area contributed by atoms with Crippen molar-refractivity contribution in [1.29, 1.82) is 0 Å². The predicted molar refractivity (Wildman–Crippen MR) is 81.1 cm³/mol. The Bertz CT molecular complexity index is 741. The fourth-order valence-corrected chi connectivity index (χ4v) is 2.24. The van der Waals surface area contributed by atoms with Crippen molar-refractivity contribution >= 4 is 29.1 Å². The number of amides is 1. The van der Waals surface area contributed by atoms with Gasteiger partial charge >= 0.3 is 0 Å². The highest BCUT2D eigenvalue weighted by Crippen LogP contribution is 2.21. The van der Waals surface area contributed by atoms with Crippen LogP contribution in [-0.2, 0) is 11.2 Å². The lowest BCUT2D eigenvalue weighted by molar-refractivity contribution is -0.384. The Kier molecular flexibility index (Phi) is 4.79. The number of nitrogens with one attached hydrogen (secondary N) is 1. The number of rotatable bonds is 5. The molecule has 0 aliphatic heterocycles. The Labute approximate surface area is 129 Å². The molecular weight excluding hydrogens is 308 g/mol.